The van der Waals surface area contributed by atoms with Crippen LogP contribution in [0.1, 0.15) is 23.2 Å². The summed E-state index contributed by atoms with van der Waals surface area (Å²) in [7, 11) is 0. The van der Waals surface area contributed by atoms with Crippen molar-refractivity contribution in [3.05, 3.63) is 28.8 Å². The van der Waals surface area contributed by atoms with Gasteiger partial charge in [-0.25, -0.2) is 4.79 Å². The Kier molecular flexibility index (Phi) is 2.81. The van der Waals surface area contributed by atoms with E-state index in [-0.39, 0.29) is 16.5 Å². The summed E-state index contributed by atoms with van der Waals surface area (Å²) >= 11 is 5.77. The number of hydrogen-bond donors (Lipinski definition) is 3. The van der Waals surface area contributed by atoms with Crippen molar-refractivity contribution in [2.24, 2.45) is 5.73 Å². The number of benzene rings is 1. The summed E-state index contributed by atoms with van der Waals surface area (Å²) in [4.78, 5) is 22.4. The summed E-state index contributed by atoms with van der Waals surface area (Å²) in [5, 5.41) is 11.5. The topological polar surface area (TPSA) is 92.4 Å². The first kappa shape index (κ1) is 11.9. The van der Waals surface area contributed by atoms with Crippen molar-refractivity contribution in [3.63, 3.8) is 0 Å². The van der Waals surface area contributed by atoms with Gasteiger partial charge in [0.05, 0.1) is 16.1 Å². The lowest BCUT2D eigenvalue weighted by molar-refractivity contribution is -0.118. The molecule has 0 aliphatic heterocycles. The molecule has 0 saturated heterocycles. The Morgan fingerprint density at radius 1 is 1.41 bits per heavy atom. The van der Waals surface area contributed by atoms with E-state index in [9.17, 15) is 9.59 Å². The zero-order valence-corrected chi connectivity index (χ0v) is 9.62. The maximum atomic E-state index is 11.6. The summed E-state index contributed by atoms with van der Waals surface area (Å²) in [5.74, 6) is -1.37. The lowest BCUT2D eigenvalue weighted by atomic mass is 10.2. The minimum Gasteiger partial charge on any atom is -0.478 e. The highest BCUT2D eigenvalue weighted by Crippen LogP contribution is 2.33. The molecule has 0 unspecified atom stereocenters. The molecule has 0 atom stereocenters. The van der Waals surface area contributed by atoms with Gasteiger partial charge in [0.25, 0.3) is 0 Å². The highest BCUT2D eigenvalue weighted by atomic mass is 35.5. The van der Waals surface area contributed by atoms with Gasteiger partial charge in [0.1, 0.15) is 0 Å². The summed E-state index contributed by atoms with van der Waals surface area (Å²) in [5.41, 5.74) is 5.39. The predicted octanol–water partition coefficient (Wildman–Crippen LogP) is 1.47. The third kappa shape index (κ3) is 2.40. The molecule has 4 N–H and O–H groups in total. The largest absolute Gasteiger partial charge is 0.478 e. The van der Waals surface area contributed by atoms with Crippen molar-refractivity contribution in [1.82, 2.24) is 0 Å². The van der Waals surface area contributed by atoms with Crippen LogP contribution in [0, 0.1) is 0 Å². The molecule has 1 aliphatic carbocycles. The van der Waals surface area contributed by atoms with Crippen LogP contribution < -0.4 is 11.1 Å². The average molecular weight is 255 g/mol. The van der Waals surface area contributed by atoms with E-state index in [1.165, 1.54) is 18.2 Å². The fourth-order valence-electron chi connectivity index (χ4n) is 1.38. The number of nitrogens with two attached hydrogens (primary N) is 1. The number of anilines is 1. The van der Waals surface area contributed by atoms with Crippen LogP contribution >= 0.6 is 11.6 Å². The lowest BCUT2D eigenvalue weighted by Crippen LogP contribution is -2.37. The molecule has 0 spiro atoms. The van der Waals surface area contributed by atoms with Crippen LogP contribution in [-0.4, -0.2) is 22.5 Å². The monoisotopic (exact) mass is 254 g/mol. The highest BCUT2D eigenvalue weighted by molar-refractivity contribution is 6.33. The summed E-state index contributed by atoms with van der Waals surface area (Å²) in [6.07, 6.45) is 1.33. The van der Waals surface area contributed by atoms with E-state index in [1.807, 2.05) is 0 Å². The Bertz CT molecular complexity index is 497. The van der Waals surface area contributed by atoms with Gasteiger partial charge in [0, 0.05) is 5.69 Å². The third-order valence-corrected chi connectivity index (χ3v) is 3.01. The van der Waals surface area contributed by atoms with Crippen LogP contribution in [0.2, 0.25) is 5.02 Å². The molecule has 1 aliphatic rings. The molecule has 5 nitrogen and oxygen atoms in total. The second-order valence-electron chi connectivity index (χ2n) is 4.11. The van der Waals surface area contributed by atoms with E-state index in [4.69, 9.17) is 22.4 Å². The molecule has 0 heterocycles. The fourth-order valence-corrected chi connectivity index (χ4v) is 1.64. The Labute approximate surface area is 103 Å². The Balaban J connectivity index is 2.15. The van der Waals surface area contributed by atoms with Gasteiger partial charge >= 0.3 is 5.97 Å². The fraction of sp³-hybridized carbons (Fsp3) is 0.273. The normalized spacial score (nSPS) is 16.4. The smallest absolute Gasteiger partial charge is 0.337 e. The SMILES string of the molecule is NC1(C(=O)Nc2ccc(C(=O)O)c(Cl)c2)CC1. The minimum absolute atomic E-state index is 0.00134. The minimum atomic E-state index is -1.11. The molecular formula is C11H11ClN2O3. The van der Waals surface area contributed by atoms with Crippen LogP contribution in [0.3, 0.4) is 0 Å². The van der Waals surface area contributed by atoms with Gasteiger partial charge in [0.15, 0.2) is 0 Å². The van der Waals surface area contributed by atoms with Gasteiger partial charge in [-0.3, -0.25) is 4.79 Å². The molecule has 0 aromatic heterocycles. The maximum absolute atomic E-state index is 11.6. The molecule has 17 heavy (non-hydrogen) atoms. The molecular weight excluding hydrogens is 244 g/mol. The average Bonchev–Trinajstić information content (AvgIpc) is 2.97. The molecule has 0 bridgehead atoms. The zero-order valence-electron chi connectivity index (χ0n) is 8.87. The second-order valence-corrected chi connectivity index (χ2v) is 4.52. The molecule has 1 fully saturated rings. The van der Waals surface area contributed by atoms with E-state index in [0.29, 0.717) is 18.5 Å². The van der Waals surface area contributed by atoms with Crippen molar-refractivity contribution >= 4 is 29.2 Å². The van der Waals surface area contributed by atoms with Crippen molar-refractivity contribution in [2.45, 2.75) is 18.4 Å². The van der Waals surface area contributed by atoms with E-state index >= 15 is 0 Å². The van der Waals surface area contributed by atoms with Crippen LogP contribution in [0.15, 0.2) is 18.2 Å². The molecule has 1 amide bonds. The third-order valence-electron chi connectivity index (χ3n) is 2.70. The van der Waals surface area contributed by atoms with Gasteiger partial charge in [-0.05, 0) is 31.0 Å². The van der Waals surface area contributed by atoms with Gasteiger partial charge < -0.3 is 16.2 Å². The number of aromatic carboxylic acids is 1. The van der Waals surface area contributed by atoms with Crippen molar-refractivity contribution in [3.8, 4) is 0 Å². The lowest BCUT2D eigenvalue weighted by Gasteiger charge is -2.10. The standard InChI is InChI=1S/C11H11ClN2O3/c12-8-5-6(1-2-7(8)9(15)16)14-10(17)11(13)3-4-11/h1-2,5H,3-4,13H2,(H,14,17)(H,15,16). The Hall–Kier alpha value is -1.59. The number of rotatable bonds is 3. The van der Waals surface area contributed by atoms with E-state index in [1.54, 1.807) is 0 Å². The van der Waals surface area contributed by atoms with Crippen molar-refractivity contribution in [1.29, 1.82) is 0 Å². The molecule has 90 valence electrons. The second kappa shape index (κ2) is 4.01. The zero-order chi connectivity index (χ0) is 12.6. The Morgan fingerprint density at radius 2 is 2.06 bits per heavy atom. The quantitative estimate of drug-likeness (QED) is 0.762. The number of hydrogen-bond acceptors (Lipinski definition) is 3. The van der Waals surface area contributed by atoms with Gasteiger partial charge in [-0.15, -0.1) is 0 Å². The first-order valence-corrected chi connectivity index (χ1v) is 5.43. The molecule has 6 heteroatoms. The number of carboxylic acid groups (broad SMARTS) is 1. The highest BCUT2D eigenvalue weighted by Gasteiger charge is 2.45. The van der Waals surface area contributed by atoms with E-state index < -0.39 is 11.5 Å². The van der Waals surface area contributed by atoms with Crippen LogP contribution in [0.5, 0.6) is 0 Å². The van der Waals surface area contributed by atoms with Gasteiger partial charge in [0.2, 0.25) is 5.91 Å². The van der Waals surface area contributed by atoms with E-state index in [2.05, 4.69) is 5.32 Å². The number of carbonyl (C=O) groups is 2. The maximum Gasteiger partial charge on any atom is 0.337 e. The first-order valence-electron chi connectivity index (χ1n) is 5.05. The van der Waals surface area contributed by atoms with Crippen LogP contribution in [0.25, 0.3) is 0 Å². The number of amides is 1. The molecule has 2 rings (SSSR count). The number of carbonyl (C=O) groups excluding carboxylic acids is 1. The van der Waals surface area contributed by atoms with Crippen LogP contribution in [0.4, 0.5) is 5.69 Å². The molecule has 1 saturated carbocycles. The molecule has 0 radical (unpaired) electrons. The summed E-state index contributed by atoms with van der Waals surface area (Å²) in [6.45, 7) is 0. The molecule has 1 aromatic rings. The van der Waals surface area contributed by atoms with Gasteiger partial charge in [-0.1, -0.05) is 11.6 Å². The van der Waals surface area contributed by atoms with E-state index in [0.717, 1.165) is 0 Å². The van der Waals surface area contributed by atoms with Gasteiger partial charge in [-0.2, -0.15) is 0 Å². The number of carboxylic acids is 1. The Morgan fingerprint density at radius 3 is 2.53 bits per heavy atom. The molecule has 1 aromatic carbocycles. The first-order chi connectivity index (χ1) is 7.92. The van der Waals surface area contributed by atoms with Crippen molar-refractivity contribution in [2.75, 3.05) is 5.32 Å². The number of halogens is 1. The number of nitrogens with one attached hydrogen (secondary N) is 1. The summed E-state index contributed by atoms with van der Waals surface area (Å²) in [6, 6.07) is 4.23. The predicted molar refractivity (Wildman–Crippen MR) is 63.2 cm³/mol. The van der Waals surface area contributed by atoms with Crippen LogP contribution in [-0.2, 0) is 4.79 Å². The summed E-state index contributed by atoms with van der Waals surface area (Å²) < 4.78 is 0. The van der Waals surface area contributed by atoms with Crippen molar-refractivity contribution < 1.29 is 14.7 Å².